The van der Waals surface area contributed by atoms with Gasteiger partial charge in [0.05, 0.1) is 11.6 Å². The third-order valence-corrected chi connectivity index (χ3v) is 3.24. The number of methoxy groups -OCH3 is 2. The SMILES string of the molecule is COCCC(NC(=O)Nc1ccc(OC)c(Br)c1)C(=O)O. The fraction of sp³-hybridized carbons (Fsp3) is 0.385. The number of nitrogens with one attached hydrogen (secondary N) is 2. The Hall–Kier alpha value is -1.80. The number of ether oxygens (including phenoxy) is 2. The van der Waals surface area contributed by atoms with E-state index in [1.165, 1.54) is 14.2 Å². The van der Waals surface area contributed by atoms with Crippen LogP contribution in [0, 0.1) is 0 Å². The Kier molecular flexibility index (Phi) is 6.97. The predicted molar refractivity (Wildman–Crippen MR) is 80.8 cm³/mol. The number of amides is 2. The van der Waals surface area contributed by atoms with Crippen LogP contribution in [0.5, 0.6) is 5.75 Å². The van der Waals surface area contributed by atoms with Crippen LogP contribution in [0.2, 0.25) is 0 Å². The highest BCUT2D eigenvalue weighted by Crippen LogP contribution is 2.27. The van der Waals surface area contributed by atoms with E-state index in [9.17, 15) is 9.59 Å². The highest BCUT2D eigenvalue weighted by atomic mass is 79.9. The van der Waals surface area contributed by atoms with Crippen LogP contribution in [0.3, 0.4) is 0 Å². The number of aliphatic carboxylic acids is 1. The van der Waals surface area contributed by atoms with Crippen molar-refractivity contribution in [2.75, 3.05) is 26.1 Å². The van der Waals surface area contributed by atoms with E-state index >= 15 is 0 Å². The van der Waals surface area contributed by atoms with Gasteiger partial charge in [0.25, 0.3) is 0 Å². The largest absolute Gasteiger partial charge is 0.496 e. The van der Waals surface area contributed by atoms with Crippen molar-refractivity contribution in [2.24, 2.45) is 0 Å². The maximum Gasteiger partial charge on any atom is 0.326 e. The van der Waals surface area contributed by atoms with Gasteiger partial charge in [0.15, 0.2) is 0 Å². The molecule has 1 atom stereocenters. The molecule has 0 aromatic heterocycles. The van der Waals surface area contributed by atoms with E-state index < -0.39 is 18.0 Å². The summed E-state index contributed by atoms with van der Waals surface area (Å²) in [4.78, 5) is 22.8. The molecule has 0 aliphatic carbocycles. The number of hydrogen-bond acceptors (Lipinski definition) is 4. The van der Waals surface area contributed by atoms with E-state index in [1.807, 2.05) is 0 Å². The maximum absolute atomic E-state index is 11.8. The van der Waals surface area contributed by atoms with Gasteiger partial charge in [-0.25, -0.2) is 9.59 Å². The molecule has 0 heterocycles. The second-order valence-electron chi connectivity index (χ2n) is 4.12. The van der Waals surface area contributed by atoms with Crippen LogP contribution < -0.4 is 15.4 Å². The van der Waals surface area contributed by atoms with Crippen LogP contribution in [-0.4, -0.2) is 44.0 Å². The molecule has 0 aliphatic heterocycles. The van der Waals surface area contributed by atoms with E-state index in [2.05, 4.69) is 26.6 Å². The maximum atomic E-state index is 11.8. The third-order valence-electron chi connectivity index (χ3n) is 2.62. The average molecular weight is 361 g/mol. The van der Waals surface area contributed by atoms with Gasteiger partial charge in [-0.2, -0.15) is 0 Å². The summed E-state index contributed by atoms with van der Waals surface area (Å²) in [5.74, 6) is -0.484. The van der Waals surface area contributed by atoms with Gasteiger partial charge in [-0.15, -0.1) is 0 Å². The fourth-order valence-corrected chi connectivity index (χ4v) is 2.10. The number of urea groups is 1. The number of carbonyl (C=O) groups is 2. The Morgan fingerprint density at radius 1 is 1.38 bits per heavy atom. The topological polar surface area (TPSA) is 96.9 Å². The number of carboxylic acid groups (broad SMARTS) is 1. The quantitative estimate of drug-likeness (QED) is 0.691. The number of carboxylic acids is 1. The molecule has 0 fully saturated rings. The van der Waals surface area contributed by atoms with Crippen LogP contribution in [0.15, 0.2) is 22.7 Å². The molecular weight excluding hydrogens is 344 g/mol. The molecule has 1 aromatic carbocycles. The van der Waals surface area contributed by atoms with Crippen LogP contribution in [0.4, 0.5) is 10.5 Å². The lowest BCUT2D eigenvalue weighted by Crippen LogP contribution is -2.43. The number of anilines is 1. The molecule has 8 heteroatoms. The number of hydrogen-bond donors (Lipinski definition) is 3. The first-order valence-electron chi connectivity index (χ1n) is 6.10. The molecule has 0 aliphatic rings. The lowest BCUT2D eigenvalue weighted by molar-refractivity contribution is -0.139. The molecular formula is C13H17BrN2O5. The Balaban J connectivity index is 2.63. The van der Waals surface area contributed by atoms with Gasteiger partial charge in [-0.05, 0) is 34.1 Å². The first-order valence-corrected chi connectivity index (χ1v) is 6.90. The van der Waals surface area contributed by atoms with Crippen molar-refractivity contribution in [3.05, 3.63) is 22.7 Å². The number of halogens is 1. The molecule has 0 bridgehead atoms. The van der Waals surface area contributed by atoms with Gasteiger partial charge in [0.1, 0.15) is 11.8 Å². The van der Waals surface area contributed by atoms with Crippen molar-refractivity contribution in [1.29, 1.82) is 0 Å². The molecule has 1 unspecified atom stereocenters. The number of carbonyl (C=O) groups excluding carboxylic acids is 1. The van der Waals surface area contributed by atoms with Gasteiger partial charge in [0.2, 0.25) is 0 Å². The summed E-state index contributed by atoms with van der Waals surface area (Å²) in [7, 11) is 3.00. The Morgan fingerprint density at radius 2 is 2.10 bits per heavy atom. The molecule has 2 amide bonds. The molecule has 0 saturated carbocycles. The summed E-state index contributed by atoms with van der Waals surface area (Å²) in [5.41, 5.74) is 0.510. The normalized spacial score (nSPS) is 11.6. The standard InChI is InChI=1S/C13H17BrN2O5/c1-20-6-5-10(12(17)18)16-13(19)15-8-3-4-11(21-2)9(14)7-8/h3-4,7,10H,5-6H2,1-2H3,(H,17,18)(H2,15,16,19). The van der Waals surface area contributed by atoms with Crippen LogP contribution >= 0.6 is 15.9 Å². The highest BCUT2D eigenvalue weighted by Gasteiger charge is 2.19. The van der Waals surface area contributed by atoms with Crippen molar-refractivity contribution in [2.45, 2.75) is 12.5 Å². The minimum Gasteiger partial charge on any atom is -0.496 e. The van der Waals surface area contributed by atoms with Crippen LogP contribution in [-0.2, 0) is 9.53 Å². The lowest BCUT2D eigenvalue weighted by atomic mass is 10.2. The van der Waals surface area contributed by atoms with Crippen LogP contribution in [0.1, 0.15) is 6.42 Å². The van der Waals surface area contributed by atoms with Crippen molar-refractivity contribution in [3.8, 4) is 5.75 Å². The Bertz CT molecular complexity index is 509. The minimum atomic E-state index is -1.11. The summed E-state index contributed by atoms with van der Waals surface area (Å²) < 4.78 is 10.6. The van der Waals surface area contributed by atoms with E-state index in [-0.39, 0.29) is 13.0 Å². The minimum absolute atomic E-state index is 0.186. The molecule has 0 saturated heterocycles. The van der Waals surface area contributed by atoms with E-state index in [0.717, 1.165) is 0 Å². The van der Waals surface area contributed by atoms with E-state index in [1.54, 1.807) is 18.2 Å². The number of benzene rings is 1. The molecule has 0 radical (unpaired) electrons. The van der Waals surface area contributed by atoms with Gasteiger partial charge in [-0.1, -0.05) is 0 Å². The van der Waals surface area contributed by atoms with Gasteiger partial charge in [0, 0.05) is 25.8 Å². The molecule has 21 heavy (non-hydrogen) atoms. The van der Waals surface area contributed by atoms with Crippen molar-refractivity contribution >= 4 is 33.6 Å². The van der Waals surface area contributed by atoms with Crippen molar-refractivity contribution in [1.82, 2.24) is 5.32 Å². The highest BCUT2D eigenvalue weighted by molar-refractivity contribution is 9.10. The second kappa shape index (κ2) is 8.48. The zero-order valence-electron chi connectivity index (χ0n) is 11.7. The molecule has 3 N–H and O–H groups in total. The summed E-state index contributed by atoms with van der Waals surface area (Å²) in [5, 5.41) is 13.9. The fourth-order valence-electron chi connectivity index (χ4n) is 1.56. The Morgan fingerprint density at radius 3 is 2.62 bits per heavy atom. The number of rotatable bonds is 7. The van der Waals surface area contributed by atoms with Crippen molar-refractivity contribution in [3.63, 3.8) is 0 Å². The lowest BCUT2D eigenvalue weighted by Gasteiger charge is -2.15. The monoisotopic (exact) mass is 360 g/mol. The molecule has 1 rings (SSSR count). The first-order chi connectivity index (χ1) is 9.97. The smallest absolute Gasteiger partial charge is 0.326 e. The zero-order chi connectivity index (χ0) is 15.8. The zero-order valence-corrected chi connectivity index (χ0v) is 13.3. The second-order valence-corrected chi connectivity index (χ2v) is 4.97. The summed E-state index contributed by atoms with van der Waals surface area (Å²) in [6, 6.07) is 3.37. The Labute approximate surface area is 130 Å². The summed E-state index contributed by atoms with van der Waals surface area (Å²) in [6.45, 7) is 0.241. The van der Waals surface area contributed by atoms with Gasteiger partial charge in [-0.3, -0.25) is 0 Å². The van der Waals surface area contributed by atoms with Crippen LogP contribution in [0.25, 0.3) is 0 Å². The van der Waals surface area contributed by atoms with E-state index in [0.29, 0.717) is 15.9 Å². The average Bonchev–Trinajstić information content (AvgIpc) is 2.43. The molecule has 7 nitrogen and oxygen atoms in total. The summed E-state index contributed by atoms with van der Waals surface area (Å²) >= 11 is 3.30. The third kappa shape index (κ3) is 5.60. The summed E-state index contributed by atoms with van der Waals surface area (Å²) in [6.07, 6.45) is 0.186. The van der Waals surface area contributed by atoms with Gasteiger partial charge < -0.3 is 25.2 Å². The van der Waals surface area contributed by atoms with Crippen molar-refractivity contribution < 1.29 is 24.2 Å². The first kappa shape index (κ1) is 17.3. The molecule has 116 valence electrons. The molecule has 0 spiro atoms. The predicted octanol–water partition coefficient (Wildman–Crippen LogP) is 2.07. The van der Waals surface area contributed by atoms with Gasteiger partial charge >= 0.3 is 12.0 Å². The van der Waals surface area contributed by atoms with E-state index in [4.69, 9.17) is 14.6 Å². The molecule has 1 aromatic rings.